The van der Waals surface area contributed by atoms with Gasteiger partial charge in [-0.3, -0.25) is 4.79 Å². The van der Waals surface area contributed by atoms with Crippen LogP contribution in [0.5, 0.6) is 0 Å². The normalized spacial score (nSPS) is 17.9. The second kappa shape index (κ2) is 6.55. The van der Waals surface area contributed by atoms with Gasteiger partial charge in [-0.15, -0.1) is 11.3 Å². The fourth-order valence-corrected chi connectivity index (χ4v) is 4.34. The van der Waals surface area contributed by atoms with Gasteiger partial charge in [0.2, 0.25) is 0 Å². The average Bonchev–Trinajstić information content (AvgIpc) is 3.11. The fourth-order valence-electron chi connectivity index (χ4n) is 3.18. The molecule has 2 aromatic rings. The first-order valence-corrected chi connectivity index (χ1v) is 9.21. The number of hydrogen-bond acceptors (Lipinski definition) is 4. The van der Waals surface area contributed by atoms with Crippen LogP contribution in [-0.4, -0.2) is 12.1 Å². The molecule has 1 amide bonds. The van der Waals surface area contributed by atoms with Crippen LogP contribution >= 0.6 is 11.3 Å². The third kappa shape index (κ3) is 3.61. The maximum Gasteiger partial charge on any atom is 0.272 e. The molecule has 0 aromatic carbocycles. The van der Waals surface area contributed by atoms with Crippen LogP contribution in [0.3, 0.4) is 0 Å². The molecule has 0 fully saturated rings. The first kappa shape index (κ1) is 17.0. The highest BCUT2D eigenvalue weighted by Crippen LogP contribution is 2.40. The van der Waals surface area contributed by atoms with Crippen molar-refractivity contribution in [2.75, 3.05) is 0 Å². The molecule has 1 N–H and O–H groups in total. The number of aryl methyl sites for hydroxylation is 1. The molecule has 0 saturated heterocycles. The topological polar surface area (TPSA) is 54.6 Å². The van der Waals surface area contributed by atoms with Crippen molar-refractivity contribution in [2.45, 2.75) is 47.0 Å². The largest absolute Gasteiger partial charge is 0.460 e. The van der Waals surface area contributed by atoms with E-state index in [1.54, 1.807) is 11.3 Å². The first-order valence-electron chi connectivity index (χ1n) is 8.33. The Hall–Kier alpha value is -1.88. The number of furan rings is 1. The summed E-state index contributed by atoms with van der Waals surface area (Å²) in [5.41, 5.74) is 4.91. The van der Waals surface area contributed by atoms with Gasteiger partial charge in [-0.05, 0) is 55.2 Å². The van der Waals surface area contributed by atoms with Crippen LogP contribution in [0, 0.1) is 18.3 Å². The molecule has 1 aliphatic rings. The molecule has 5 heteroatoms. The summed E-state index contributed by atoms with van der Waals surface area (Å²) in [5, 5.41) is 5.97. The molecule has 2 aromatic heterocycles. The minimum absolute atomic E-state index is 0.138. The highest BCUT2D eigenvalue weighted by Gasteiger charge is 2.31. The van der Waals surface area contributed by atoms with Crippen molar-refractivity contribution in [2.24, 2.45) is 16.4 Å². The Bertz CT molecular complexity index is 765. The van der Waals surface area contributed by atoms with Gasteiger partial charge in [-0.25, -0.2) is 5.43 Å². The summed E-state index contributed by atoms with van der Waals surface area (Å²) < 4.78 is 5.39. The van der Waals surface area contributed by atoms with Crippen molar-refractivity contribution in [1.82, 2.24) is 5.43 Å². The minimum Gasteiger partial charge on any atom is -0.460 e. The average molecular weight is 344 g/mol. The molecule has 0 saturated carbocycles. The number of thiophene rings is 1. The monoisotopic (exact) mass is 344 g/mol. The molecule has 4 nitrogen and oxygen atoms in total. The van der Waals surface area contributed by atoms with E-state index in [2.05, 4.69) is 31.3 Å². The van der Waals surface area contributed by atoms with Gasteiger partial charge in [-0.2, -0.15) is 5.10 Å². The summed E-state index contributed by atoms with van der Waals surface area (Å²) in [6.45, 7) is 8.78. The maximum atomic E-state index is 12.4. The van der Waals surface area contributed by atoms with Crippen molar-refractivity contribution < 1.29 is 9.21 Å². The number of nitrogens with one attached hydrogen (secondary N) is 1. The van der Waals surface area contributed by atoms with Crippen LogP contribution in [0.4, 0.5) is 0 Å². The third-order valence-electron chi connectivity index (χ3n) is 4.74. The smallest absolute Gasteiger partial charge is 0.272 e. The van der Waals surface area contributed by atoms with Crippen LogP contribution in [0.1, 0.15) is 59.5 Å². The number of carbonyl (C=O) groups is 1. The molecule has 1 aliphatic carbocycles. The van der Waals surface area contributed by atoms with Crippen molar-refractivity contribution in [3.8, 4) is 0 Å². The third-order valence-corrected chi connectivity index (χ3v) is 5.79. The molecule has 0 bridgehead atoms. The molecule has 24 heavy (non-hydrogen) atoms. The van der Waals surface area contributed by atoms with Crippen molar-refractivity contribution in [3.63, 3.8) is 0 Å². The Balaban J connectivity index is 1.67. The van der Waals surface area contributed by atoms with E-state index in [1.165, 1.54) is 16.7 Å². The van der Waals surface area contributed by atoms with Gasteiger partial charge in [0.1, 0.15) is 11.5 Å². The molecule has 0 aliphatic heterocycles. The van der Waals surface area contributed by atoms with Crippen LogP contribution < -0.4 is 5.43 Å². The quantitative estimate of drug-likeness (QED) is 0.655. The van der Waals surface area contributed by atoms with Crippen LogP contribution in [0.2, 0.25) is 0 Å². The lowest BCUT2D eigenvalue weighted by Gasteiger charge is -2.33. The minimum atomic E-state index is -0.138. The van der Waals surface area contributed by atoms with E-state index in [0.29, 0.717) is 17.1 Å². The van der Waals surface area contributed by atoms with Gasteiger partial charge in [0.25, 0.3) is 5.91 Å². The van der Waals surface area contributed by atoms with Crippen molar-refractivity contribution >= 4 is 23.5 Å². The van der Waals surface area contributed by atoms with Gasteiger partial charge in [0.15, 0.2) is 0 Å². The molecule has 1 atom stereocenters. The number of fused-ring (bicyclic) bond motifs is 1. The second-order valence-electron chi connectivity index (χ2n) is 7.50. The number of hydrazone groups is 1. The van der Waals surface area contributed by atoms with Gasteiger partial charge >= 0.3 is 0 Å². The molecule has 0 radical (unpaired) electrons. The van der Waals surface area contributed by atoms with E-state index in [1.807, 2.05) is 24.4 Å². The predicted molar refractivity (Wildman–Crippen MR) is 97.8 cm³/mol. The maximum absolute atomic E-state index is 12.4. The van der Waals surface area contributed by atoms with Crippen LogP contribution in [0.25, 0.3) is 0 Å². The van der Waals surface area contributed by atoms with E-state index < -0.39 is 0 Å². The van der Waals surface area contributed by atoms with Gasteiger partial charge in [0.05, 0.1) is 11.8 Å². The van der Waals surface area contributed by atoms with E-state index in [0.717, 1.165) is 30.6 Å². The Morgan fingerprint density at radius 3 is 2.88 bits per heavy atom. The number of nitrogens with zero attached hydrogens (tertiary/aromatic N) is 1. The molecular weight excluding hydrogens is 320 g/mol. The summed E-state index contributed by atoms with van der Waals surface area (Å²) in [6, 6.07) is 3.69. The number of carbonyl (C=O) groups excluding carboxylic acids is 1. The Kier molecular flexibility index (Phi) is 4.63. The second-order valence-corrected chi connectivity index (χ2v) is 8.47. The molecule has 0 spiro atoms. The SMILES string of the molecule is Cc1ccc(/C=N/NC(=O)c2csc3c2CC[C@H](C(C)(C)C)C3)o1. The molecule has 0 unspecified atom stereocenters. The molecular formula is C19H24N2O2S. The van der Waals surface area contributed by atoms with Crippen molar-refractivity contribution in [1.29, 1.82) is 0 Å². The van der Waals surface area contributed by atoms with E-state index in [9.17, 15) is 4.79 Å². The number of hydrogen-bond donors (Lipinski definition) is 1. The highest BCUT2D eigenvalue weighted by molar-refractivity contribution is 7.10. The summed E-state index contributed by atoms with van der Waals surface area (Å²) in [4.78, 5) is 13.8. The zero-order valence-electron chi connectivity index (χ0n) is 14.7. The fraction of sp³-hybridized carbons (Fsp3) is 0.474. The Labute approximate surface area is 147 Å². The highest BCUT2D eigenvalue weighted by atomic mass is 32.1. The molecule has 128 valence electrons. The van der Waals surface area contributed by atoms with E-state index >= 15 is 0 Å². The lowest BCUT2D eigenvalue weighted by Crippen LogP contribution is -2.27. The van der Waals surface area contributed by atoms with E-state index in [4.69, 9.17) is 4.42 Å². The molecule has 3 rings (SSSR count). The predicted octanol–water partition coefficient (Wildman–Crippen LogP) is 4.56. The number of amides is 1. The number of rotatable bonds is 3. The van der Waals surface area contributed by atoms with Crippen LogP contribution in [-0.2, 0) is 12.8 Å². The Morgan fingerprint density at radius 2 is 2.21 bits per heavy atom. The Morgan fingerprint density at radius 1 is 1.42 bits per heavy atom. The zero-order valence-corrected chi connectivity index (χ0v) is 15.5. The lowest BCUT2D eigenvalue weighted by atomic mass is 9.72. The lowest BCUT2D eigenvalue weighted by molar-refractivity contribution is 0.0954. The first-order chi connectivity index (χ1) is 11.3. The van der Waals surface area contributed by atoms with Gasteiger partial charge < -0.3 is 4.42 Å². The zero-order chi connectivity index (χ0) is 17.3. The summed E-state index contributed by atoms with van der Waals surface area (Å²) in [6.07, 6.45) is 4.72. The van der Waals surface area contributed by atoms with Gasteiger partial charge in [0, 0.05) is 10.3 Å². The standard InChI is InChI=1S/C19H24N2O2S/c1-12-5-7-14(23-12)10-20-21-18(22)16-11-24-17-9-13(19(2,3)4)6-8-15(16)17/h5,7,10-11,13H,6,8-9H2,1-4H3,(H,21,22)/b20-10+/t13-/m0/s1. The van der Waals surface area contributed by atoms with Crippen molar-refractivity contribution in [3.05, 3.63) is 45.0 Å². The van der Waals surface area contributed by atoms with Crippen LogP contribution in [0.15, 0.2) is 27.0 Å². The summed E-state index contributed by atoms with van der Waals surface area (Å²) in [5.74, 6) is 2.00. The molecule has 2 heterocycles. The van der Waals surface area contributed by atoms with Gasteiger partial charge in [-0.1, -0.05) is 20.8 Å². The summed E-state index contributed by atoms with van der Waals surface area (Å²) >= 11 is 1.70. The summed E-state index contributed by atoms with van der Waals surface area (Å²) in [7, 11) is 0. The van der Waals surface area contributed by atoms with E-state index in [-0.39, 0.29) is 5.91 Å².